The van der Waals surface area contributed by atoms with Crippen molar-refractivity contribution < 1.29 is 9.90 Å². The Balaban J connectivity index is 2.07. The van der Waals surface area contributed by atoms with Crippen LogP contribution in [-0.4, -0.2) is 28.9 Å². The molecule has 0 bridgehead atoms. The van der Waals surface area contributed by atoms with Crippen molar-refractivity contribution >= 4 is 23.4 Å². The summed E-state index contributed by atoms with van der Waals surface area (Å²) in [5.74, 6) is 0.538. The Morgan fingerprint density at radius 1 is 1.50 bits per heavy atom. The van der Waals surface area contributed by atoms with E-state index in [1.54, 1.807) is 11.8 Å². The van der Waals surface area contributed by atoms with Crippen LogP contribution in [0.2, 0.25) is 0 Å². The number of rotatable bonds is 4. The number of aliphatic hydroxyl groups is 1. The van der Waals surface area contributed by atoms with E-state index in [1.165, 1.54) is 0 Å². The maximum atomic E-state index is 11.3. The van der Waals surface area contributed by atoms with E-state index in [0.29, 0.717) is 12.3 Å². The van der Waals surface area contributed by atoms with Crippen molar-refractivity contribution in [3.05, 3.63) is 23.8 Å². The molecule has 1 aliphatic rings. The molecule has 1 aliphatic heterocycles. The third kappa shape index (κ3) is 3.25. The van der Waals surface area contributed by atoms with Gasteiger partial charge in [0.1, 0.15) is 0 Å². The van der Waals surface area contributed by atoms with Crippen molar-refractivity contribution in [1.82, 2.24) is 5.32 Å². The molecule has 5 heteroatoms. The number of carbonyl (C=O) groups excluding carboxylic acids is 1. The number of nitrogens with one attached hydrogen (secondary N) is 2. The molecule has 18 heavy (non-hydrogen) atoms. The third-order valence-corrected chi connectivity index (χ3v) is 3.92. The van der Waals surface area contributed by atoms with Crippen LogP contribution in [0, 0.1) is 0 Å². The molecule has 0 fully saturated rings. The Hall–Kier alpha value is -1.04. The highest BCUT2D eigenvalue weighted by atomic mass is 32.2. The van der Waals surface area contributed by atoms with Gasteiger partial charge in [0.05, 0.1) is 18.0 Å². The van der Waals surface area contributed by atoms with Gasteiger partial charge in [-0.2, -0.15) is 0 Å². The Morgan fingerprint density at radius 2 is 2.28 bits per heavy atom. The summed E-state index contributed by atoms with van der Waals surface area (Å²) in [6, 6.07) is 6.06. The standard InChI is InChI=1S/C13H18N2O2S/c1-13(2,8-16)14-6-9-3-4-11-10(5-9)15-12(17)7-18-11/h3-5,14,16H,6-8H2,1-2H3,(H,15,17). The van der Waals surface area contributed by atoms with Crippen LogP contribution in [0.15, 0.2) is 23.1 Å². The maximum Gasteiger partial charge on any atom is 0.234 e. The highest BCUT2D eigenvalue weighted by Gasteiger charge is 2.17. The molecule has 1 aromatic rings. The molecule has 2 rings (SSSR count). The first kappa shape index (κ1) is 13.4. The molecule has 1 aromatic carbocycles. The van der Waals surface area contributed by atoms with E-state index in [0.717, 1.165) is 16.1 Å². The monoisotopic (exact) mass is 266 g/mol. The van der Waals surface area contributed by atoms with Gasteiger partial charge in [0, 0.05) is 17.0 Å². The molecule has 1 heterocycles. The van der Waals surface area contributed by atoms with E-state index in [9.17, 15) is 9.90 Å². The van der Waals surface area contributed by atoms with Gasteiger partial charge < -0.3 is 15.7 Å². The molecule has 0 aromatic heterocycles. The number of fused-ring (bicyclic) bond motifs is 1. The summed E-state index contributed by atoms with van der Waals surface area (Å²) in [6.07, 6.45) is 0. The molecule has 0 unspecified atom stereocenters. The van der Waals surface area contributed by atoms with Crippen LogP contribution in [-0.2, 0) is 11.3 Å². The van der Waals surface area contributed by atoms with Crippen molar-refractivity contribution in [1.29, 1.82) is 0 Å². The number of anilines is 1. The van der Waals surface area contributed by atoms with Crippen LogP contribution in [0.3, 0.4) is 0 Å². The van der Waals surface area contributed by atoms with Crippen molar-refractivity contribution in [3.63, 3.8) is 0 Å². The van der Waals surface area contributed by atoms with E-state index in [-0.39, 0.29) is 18.1 Å². The van der Waals surface area contributed by atoms with E-state index >= 15 is 0 Å². The fourth-order valence-corrected chi connectivity index (χ4v) is 2.43. The van der Waals surface area contributed by atoms with Gasteiger partial charge in [-0.05, 0) is 31.5 Å². The molecule has 3 N–H and O–H groups in total. The molecule has 0 saturated carbocycles. The summed E-state index contributed by atoms with van der Waals surface area (Å²) >= 11 is 1.56. The molecular formula is C13H18N2O2S. The predicted octanol–water partition coefficient (Wildman–Crippen LogP) is 1.59. The lowest BCUT2D eigenvalue weighted by molar-refractivity contribution is -0.113. The Bertz CT molecular complexity index is 460. The summed E-state index contributed by atoms with van der Waals surface area (Å²) in [5, 5.41) is 15.3. The smallest absolute Gasteiger partial charge is 0.234 e. The van der Waals surface area contributed by atoms with Crippen LogP contribution in [0.25, 0.3) is 0 Å². The number of thioether (sulfide) groups is 1. The third-order valence-electron chi connectivity index (χ3n) is 2.84. The van der Waals surface area contributed by atoms with E-state index in [4.69, 9.17) is 0 Å². The van der Waals surface area contributed by atoms with E-state index < -0.39 is 0 Å². The van der Waals surface area contributed by atoms with Gasteiger partial charge in [-0.25, -0.2) is 0 Å². The van der Waals surface area contributed by atoms with Crippen LogP contribution < -0.4 is 10.6 Å². The second kappa shape index (κ2) is 5.30. The van der Waals surface area contributed by atoms with Gasteiger partial charge in [0.15, 0.2) is 0 Å². The topological polar surface area (TPSA) is 61.4 Å². The molecule has 4 nitrogen and oxygen atoms in total. The van der Waals surface area contributed by atoms with Gasteiger partial charge in [-0.1, -0.05) is 6.07 Å². The first-order chi connectivity index (χ1) is 8.50. The molecule has 1 amide bonds. The first-order valence-corrected chi connectivity index (χ1v) is 6.90. The highest BCUT2D eigenvalue weighted by Crippen LogP contribution is 2.31. The number of hydrogen-bond donors (Lipinski definition) is 3. The molecule has 0 radical (unpaired) electrons. The predicted molar refractivity (Wildman–Crippen MR) is 73.8 cm³/mol. The fourth-order valence-electron chi connectivity index (χ4n) is 1.64. The van der Waals surface area contributed by atoms with Crippen molar-refractivity contribution in [2.45, 2.75) is 30.8 Å². The van der Waals surface area contributed by atoms with Crippen LogP contribution in [0.4, 0.5) is 5.69 Å². The summed E-state index contributed by atoms with van der Waals surface area (Å²) in [7, 11) is 0. The molecular weight excluding hydrogens is 248 g/mol. The van der Waals surface area contributed by atoms with Gasteiger partial charge in [0.25, 0.3) is 0 Å². The average molecular weight is 266 g/mol. The number of aliphatic hydroxyl groups excluding tert-OH is 1. The SMILES string of the molecule is CC(C)(CO)NCc1ccc2c(c1)NC(=O)CS2. The Kier molecular flexibility index (Phi) is 3.94. The lowest BCUT2D eigenvalue weighted by atomic mass is 10.1. The first-order valence-electron chi connectivity index (χ1n) is 5.92. The fraction of sp³-hybridized carbons (Fsp3) is 0.462. The molecule has 98 valence electrons. The lowest BCUT2D eigenvalue weighted by Crippen LogP contribution is -2.42. The summed E-state index contributed by atoms with van der Waals surface area (Å²) in [4.78, 5) is 12.4. The van der Waals surface area contributed by atoms with Crippen LogP contribution in [0.5, 0.6) is 0 Å². The summed E-state index contributed by atoms with van der Waals surface area (Å²) in [5.41, 5.74) is 1.68. The molecule has 0 atom stereocenters. The minimum absolute atomic E-state index is 0.0493. The Labute approximate surface area is 111 Å². The van der Waals surface area contributed by atoms with Gasteiger partial charge in [-0.15, -0.1) is 11.8 Å². The van der Waals surface area contributed by atoms with Gasteiger partial charge in [-0.3, -0.25) is 4.79 Å². The number of carbonyl (C=O) groups is 1. The number of amides is 1. The van der Waals surface area contributed by atoms with Gasteiger partial charge in [0.2, 0.25) is 5.91 Å². The minimum Gasteiger partial charge on any atom is -0.394 e. The largest absolute Gasteiger partial charge is 0.394 e. The molecule has 0 aliphatic carbocycles. The second-order valence-corrected chi connectivity index (χ2v) is 6.08. The van der Waals surface area contributed by atoms with Gasteiger partial charge >= 0.3 is 0 Å². The average Bonchev–Trinajstić information content (AvgIpc) is 2.36. The van der Waals surface area contributed by atoms with Crippen LogP contribution in [0.1, 0.15) is 19.4 Å². The van der Waals surface area contributed by atoms with E-state index in [2.05, 4.69) is 10.6 Å². The molecule has 0 saturated heterocycles. The second-order valence-electron chi connectivity index (χ2n) is 5.06. The quantitative estimate of drug-likeness (QED) is 0.774. The number of hydrogen-bond acceptors (Lipinski definition) is 4. The highest BCUT2D eigenvalue weighted by molar-refractivity contribution is 8.00. The van der Waals surface area contributed by atoms with Crippen molar-refractivity contribution in [2.75, 3.05) is 17.7 Å². The van der Waals surface area contributed by atoms with Crippen molar-refractivity contribution in [2.24, 2.45) is 0 Å². The summed E-state index contributed by atoms with van der Waals surface area (Å²) in [6.45, 7) is 4.65. The maximum absolute atomic E-state index is 11.3. The zero-order valence-corrected chi connectivity index (χ0v) is 11.4. The Morgan fingerprint density at radius 3 is 3.00 bits per heavy atom. The van der Waals surface area contributed by atoms with E-state index in [1.807, 2.05) is 32.0 Å². The number of benzene rings is 1. The van der Waals surface area contributed by atoms with Crippen LogP contribution >= 0.6 is 11.8 Å². The normalized spacial score (nSPS) is 15.2. The molecule has 0 spiro atoms. The zero-order valence-electron chi connectivity index (χ0n) is 10.6. The minimum atomic E-state index is -0.298. The zero-order chi connectivity index (χ0) is 13.2. The lowest BCUT2D eigenvalue weighted by Gasteiger charge is -2.24. The van der Waals surface area contributed by atoms with Crippen molar-refractivity contribution in [3.8, 4) is 0 Å². The summed E-state index contributed by atoms with van der Waals surface area (Å²) < 4.78 is 0.